The van der Waals surface area contributed by atoms with Gasteiger partial charge < -0.3 is 28.8 Å². The Morgan fingerprint density at radius 1 is 0.636 bits per heavy atom. The van der Waals surface area contributed by atoms with Crippen molar-refractivity contribution >= 4 is 110 Å². The molecule has 1 N–H and O–H groups in total. The highest BCUT2D eigenvalue weighted by Gasteiger charge is 2.28. The second kappa shape index (κ2) is 20.7. The molecule has 0 saturated carbocycles. The normalized spacial score (nSPS) is 13.5. The van der Waals surface area contributed by atoms with E-state index < -0.39 is 29.2 Å². The second-order valence-electron chi connectivity index (χ2n) is 13.9. The lowest BCUT2D eigenvalue weighted by molar-refractivity contribution is -0.105. The monoisotopic (exact) mass is 1040 g/mol. The van der Waals surface area contributed by atoms with Crippen molar-refractivity contribution in [3.8, 4) is 43.9 Å². The van der Waals surface area contributed by atoms with Gasteiger partial charge in [0.15, 0.2) is 58.3 Å². The molecule has 4 aliphatic rings. The van der Waals surface area contributed by atoms with Crippen molar-refractivity contribution in [1.29, 1.82) is 0 Å². The fraction of sp³-hybridized carbons (Fsp3) is 0.156. The summed E-state index contributed by atoms with van der Waals surface area (Å²) in [5, 5.41) is 10.1. The average molecular weight is 1050 g/mol. The highest BCUT2D eigenvalue weighted by atomic mass is 35.5. The number of fused-ring (bicyclic) bond motifs is 8. The Morgan fingerprint density at radius 3 is 1.55 bits per heavy atom. The number of rotatable bonds is 4. The Morgan fingerprint density at radius 2 is 1.06 bits per heavy atom. The van der Waals surface area contributed by atoms with Gasteiger partial charge in [0.2, 0.25) is 0 Å². The number of carboxylic acids is 1. The fourth-order valence-corrected chi connectivity index (χ4v) is 9.78. The smallest absolute Gasteiger partial charge is 0.348 e. The van der Waals surface area contributed by atoms with Gasteiger partial charge in [-0.15, -0.1) is 22.7 Å². The Balaban J connectivity index is 0.000000133. The lowest BCUT2D eigenvalue weighted by Gasteiger charge is -2.18. The van der Waals surface area contributed by atoms with E-state index in [1.165, 1.54) is 35.6 Å². The highest BCUT2D eigenvalue weighted by Crippen LogP contribution is 2.47. The maximum atomic E-state index is 13.8. The Bertz CT molecular complexity index is 2990. The van der Waals surface area contributed by atoms with Crippen LogP contribution in [0.15, 0.2) is 66.2 Å². The lowest BCUT2D eigenvalue weighted by atomic mass is 10.1. The topological polar surface area (TPSA) is 135 Å². The number of aromatic carboxylic acids is 1. The first-order valence-electron chi connectivity index (χ1n) is 19.0. The van der Waals surface area contributed by atoms with E-state index in [1.807, 2.05) is 0 Å². The van der Waals surface area contributed by atoms with Gasteiger partial charge in [0, 0.05) is 69.7 Å². The minimum absolute atomic E-state index is 0.0200. The molecule has 10 rings (SSSR count). The molecular formula is C45H27Cl5F4O10S2. The Labute approximate surface area is 404 Å². The van der Waals surface area contributed by atoms with E-state index in [4.69, 9.17) is 86.8 Å². The molecule has 0 amide bonds. The quantitative estimate of drug-likeness (QED) is 0.103. The molecule has 4 aliphatic heterocycles. The van der Waals surface area contributed by atoms with Crippen LogP contribution < -0.4 is 18.9 Å². The largest absolute Gasteiger partial charge is 0.489 e. The molecule has 2 aromatic heterocycles. The summed E-state index contributed by atoms with van der Waals surface area (Å²) in [6.07, 6.45) is 0.872. The van der Waals surface area contributed by atoms with Crippen molar-refractivity contribution < 1.29 is 65.5 Å². The molecule has 6 aromatic rings. The van der Waals surface area contributed by atoms with Gasteiger partial charge in [-0.25, -0.2) is 27.2 Å². The maximum absolute atomic E-state index is 13.8. The standard InChI is InChI=1S/C14H10ClFO3S.C12H6ClFO3S.C10H5Cl2FO2.C9H6ClFO2/c1-2-18-14(17)11-3-7-6-19-12-9(13(7)20-11)4-8(15)5-10(12)16;13-6-2-7-10(8(14)3-6)17-4-5-1-9(12(15)16)18-11(5)7;11-6-1-7-9(12)5(3-14)4-15-10(7)8(13)2-6;10-5-3-6-8(12)1-2-13-9(6)7(11)4-5/h3-5H,2,6H2,1H3;1-3H,4H2,(H,15,16);1-3H,4H2;3-4H,1-2H2. The van der Waals surface area contributed by atoms with Crippen molar-refractivity contribution in [2.24, 2.45) is 0 Å². The third-order valence-corrected chi connectivity index (χ3v) is 13.2. The van der Waals surface area contributed by atoms with Crippen LogP contribution in [0, 0.1) is 23.3 Å². The third-order valence-electron chi connectivity index (χ3n) is 9.48. The van der Waals surface area contributed by atoms with Gasteiger partial charge in [-0.1, -0.05) is 58.0 Å². The molecule has 0 spiro atoms. The number of halogens is 9. The van der Waals surface area contributed by atoms with Gasteiger partial charge in [0.1, 0.15) is 29.6 Å². The molecule has 0 radical (unpaired) electrons. The minimum Gasteiger partial charge on any atom is -0.489 e. The van der Waals surface area contributed by atoms with Gasteiger partial charge in [0.05, 0.1) is 23.8 Å². The highest BCUT2D eigenvalue weighted by molar-refractivity contribution is 7.18. The number of esters is 1. The summed E-state index contributed by atoms with van der Waals surface area (Å²) in [5.41, 5.74) is 3.52. The number of hydrogen-bond donors (Lipinski definition) is 1. The number of Topliss-reactive ketones (excluding diaryl/α,β-unsaturated/α-hetero) is 1. The molecule has 10 nitrogen and oxygen atoms in total. The predicted octanol–water partition coefficient (Wildman–Crippen LogP) is 13.5. The average Bonchev–Trinajstić information content (AvgIpc) is 3.92. The zero-order valence-corrected chi connectivity index (χ0v) is 38.8. The summed E-state index contributed by atoms with van der Waals surface area (Å²) in [4.78, 5) is 46.8. The first kappa shape index (κ1) is 48.6. The number of hydrogen-bond acceptors (Lipinski definition) is 11. The molecule has 0 unspecified atom stereocenters. The van der Waals surface area contributed by atoms with Crippen LogP contribution in [0.4, 0.5) is 17.6 Å². The number of thiophene rings is 2. The van der Waals surface area contributed by atoms with Crippen LogP contribution in [0.1, 0.15) is 59.7 Å². The van der Waals surface area contributed by atoms with E-state index >= 15 is 0 Å². The molecular weight excluding hydrogens is 1020 g/mol. The number of carboxylic acid groups (broad SMARTS) is 1. The minimum atomic E-state index is -1.00. The van der Waals surface area contributed by atoms with Gasteiger partial charge >= 0.3 is 11.9 Å². The van der Waals surface area contributed by atoms with Crippen LogP contribution in [0.25, 0.3) is 25.9 Å². The number of aldehydes is 1. The Kier molecular flexibility index (Phi) is 15.2. The molecule has 0 fully saturated rings. The van der Waals surface area contributed by atoms with Crippen molar-refractivity contribution in [1.82, 2.24) is 0 Å². The maximum Gasteiger partial charge on any atom is 0.348 e. The van der Waals surface area contributed by atoms with E-state index in [0.717, 1.165) is 39.5 Å². The summed E-state index contributed by atoms with van der Waals surface area (Å²) >= 11 is 31.2. The lowest BCUT2D eigenvalue weighted by Crippen LogP contribution is -2.16. The summed E-state index contributed by atoms with van der Waals surface area (Å²) < 4.78 is 79.8. The molecule has 0 bridgehead atoms. The molecule has 0 saturated heterocycles. The van der Waals surface area contributed by atoms with Crippen LogP contribution in [0.5, 0.6) is 23.0 Å². The van der Waals surface area contributed by atoms with Crippen LogP contribution in [0.3, 0.4) is 0 Å². The SMILES string of the molecule is CCOC(=O)c1cc2c(s1)-c1cc(Cl)cc(F)c1OC2.O=C(O)c1cc2c(s1)-c1cc(Cl)cc(F)c1OC2.O=C1CCOc2c(F)cc(Cl)cc21.O=CC1=C(Cl)c2cc(Cl)cc(F)c2OC1. The van der Waals surface area contributed by atoms with E-state index in [2.05, 4.69) is 0 Å². The third kappa shape index (κ3) is 10.4. The number of carbonyl (C=O) groups is 4. The first-order valence-corrected chi connectivity index (χ1v) is 22.5. The molecule has 342 valence electrons. The van der Waals surface area contributed by atoms with Crippen LogP contribution in [-0.4, -0.2) is 48.9 Å². The predicted molar refractivity (Wildman–Crippen MR) is 243 cm³/mol. The fourth-order valence-electron chi connectivity index (χ4n) is 6.62. The first-order chi connectivity index (χ1) is 31.5. The second-order valence-corrected chi connectivity index (χ2v) is 18.1. The van der Waals surface area contributed by atoms with Gasteiger partial charge in [-0.3, -0.25) is 9.59 Å². The van der Waals surface area contributed by atoms with E-state index in [0.29, 0.717) is 44.4 Å². The van der Waals surface area contributed by atoms with Gasteiger partial charge in [-0.05, 0) is 67.6 Å². The molecule has 0 aliphatic carbocycles. The van der Waals surface area contributed by atoms with E-state index in [1.54, 1.807) is 31.2 Å². The molecule has 4 aromatic carbocycles. The summed E-state index contributed by atoms with van der Waals surface area (Å²) in [7, 11) is 0. The number of carbonyl (C=O) groups excluding carboxylic acids is 3. The van der Waals surface area contributed by atoms with Gasteiger partial charge in [-0.2, -0.15) is 0 Å². The number of benzene rings is 4. The molecule has 66 heavy (non-hydrogen) atoms. The van der Waals surface area contributed by atoms with Crippen LogP contribution in [0.2, 0.25) is 20.1 Å². The van der Waals surface area contributed by atoms with Gasteiger partial charge in [0.25, 0.3) is 0 Å². The van der Waals surface area contributed by atoms with Crippen molar-refractivity contribution in [3.05, 3.63) is 142 Å². The molecule has 0 atom stereocenters. The Hall–Kier alpha value is -5.33. The summed E-state index contributed by atoms with van der Waals surface area (Å²) in [5.74, 6) is -3.31. The molecule has 21 heteroatoms. The van der Waals surface area contributed by atoms with Crippen molar-refractivity contribution in [2.75, 3.05) is 19.8 Å². The zero-order chi connectivity index (χ0) is 47.6. The van der Waals surface area contributed by atoms with Crippen molar-refractivity contribution in [2.45, 2.75) is 26.6 Å². The summed E-state index contributed by atoms with van der Waals surface area (Å²) in [6.45, 7) is 2.69. The van der Waals surface area contributed by atoms with Crippen molar-refractivity contribution in [3.63, 3.8) is 0 Å². The van der Waals surface area contributed by atoms with Crippen LogP contribution >= 0.6 is 80.7 Å². The number of ether oxygens (including phenoxy) is 5. The summed E-state index contributed by atoms with van der Waals surface area (Å²) in [6, 6.07) is 14.1. The molecule has 6 heterocycles. The van der Waals surface area contributed by atoms with E-state index in [9.17, 15) is 36.7 Å². The van der Waals surface area contributed by atoms with Crippen LogP contribution in [-0.2, 0) is 22.7 Å². The number of ketones is 1. The zero-order valence-electron chi connectivity index (χ0n) is 33.4. The van der Waals surface area contributed by atoms with E-state index in [-0.39, 0.29) is 104 Å².